The van der Waals surface area contributed by atoms with Gasteiger partial charge in [-0.25, -0.2) is 0 Å². The Kier molecular flexibility index (Phi) is 2.59. The molecule has 0 saturated carbocycles. The highest BCUT2D eigenvalue weighted by Gasteiger charge is 2.14. The van der Waals surface area contributed by atoms with Crippen LogP contribution in [0.2, 0.25) is 0 Å². The number of aryl methyl sites for hydroxylation is 1. The van der Waals surface area contributed by atoms with E-state index in [-0.39, 0.29) is 6.42 Å². The second-order valence-electron chi connectivity index (χ2n) is 4.52. The van der Waals surface area contributed by atoms with Crippen LogP contribution in [0.3, 0.4) is 0 Å². The lowest BCUT2D eigenvalue weighted by Gasteiger charge is -1.95. The first-order valence-electron chi connectivity index (χ1n) is 5.99. The molecule has 0 radical (unpaired) electrons. The van der Waals surface area contributed by atoms with E-state index in [1.807, 2.05) is 31.2 Å². The van der Waals surface area contributed by atoms with Gasteiger partial charge in [-0.2, -0.15) is 5.10 Å². The number of nitrogens with one attached hydrogen (secondary N) is 2. The Hall–Kier alpha value is -2.56. The molecule has 19 heavy (non-hydrogen) atoms. The lowest BCUT2D eigenvalue weighted by Crippen LogP contribution is -1.99. The number of aromatic nitrogens is 3. The summed E-state index contributed by atoms with van der Waals surface area (Å²) in [4.78, 5) is 14.0. The summed E-state index contributed by atoms with van der Waals surface area (Å²) in [6.45, 7) is 1.99. The molecular formula is C14H13N3O2. The van der Waals surface area contributed by atoms with Gasteiger partial charge in [-0.05, 0) is 19.1 Å². The van der Waals surface area contributed by atoms with E-state index < -0.39 is 5.97 Å². The molecule has 1 aromatic carbocycles. The molecule has 5 nitrogen and oxygen atoms in total. The van der Waals surface area contributed by atoms with Gasteiger partial charge in [0.15, 0.2) is 0 Å². The molecule has 3 rings (SSSR count). The van der Waals surface area contributed by atoms with Crippen molar-refractivity contribution in [1.82, 2.24) is 15.2 Å². The third-order valence-corrected chi connectivity index (χ3v) is 3.12. The number of fused-ring (bicyclic) bond motifs is 1. The normalized spacial score (nSPS) is 11.0. The van der Waals surface area contributed by atoms with Crippen molar-refractivity contribution in [2.75, 3.05) is 0 Å². The predicted octanol–water partition coefficient (Wildman–Crippen LogP) is 2.49. The van der Waals surface area contributed by atoms with Gasteiger partial charge in [-0.15, -0.1) is 0 Å². The van der Waals surface area contributed by atoms with Gasteiger partial charge in [0, 0.05) is 27.9 Å². The highest BCUT2D eigenvalue weighted by molar-refractivity contribution is 5.96. The topological polar surface area (TPSA) is 81.8 Å². The maximum absolute atomic E-state index is 10.7. The highest BCUT2D eigenvalue weighted by atomic mass is 16.4. The molecule has 0 aliphatic rings. The van der Waals surface area contributed by atoms with Gasteiger partial charge in [0.25, 0.3) is 0 Å². The van der Waals surface area contributed by atoms with E-state index in [1.54, 1.807) is 6.07 Å². The molecule has 96 valence electrons. The first-order chi connectivity index (χ1) is 9.15. The average Bonchev–Trinajstić information content (AvgIpc) is 2.91. The molecule has 0 unspecified atom stereocenters. The number of nitrogens with zero attached hydrogens (tertiary/aromatic N) is 1. The summed E-state index contributed by atoms with van der Waals surface area (Å²) in [5, 5.41) is 16.9. The average molecular weight is 255 g/mol. The number of carboxylic acid groups (broad SMARTS) is 1. The minimum atomic E-state index is -0.870. The largest absolute Gasteiger partial charge is 0.481 e. The van der Waals surface area contributed by atoms with E-state index in [2.05, 4.69) is 15.2 Å². The van der Waals surface area contributed by atoms with Crippen LogP contribution in [0, 0.1) is 6.92 Å². The number of carboxylic acids is 1. The number of H-pyrrole nitrogens is 2. The molecule has 0 saturated heterocycles. The van der Waals surface area contributed by atoms with Crippen LogP contribution in [0.5, 0.6) is 0 Å². The summed E-state index contributed by atoms with van der Waals surface area (Å²) in [5.41, 5.74) is 4.47. The number of hydrogen-bond acceptors (Lipinski definition) is 2. The van der Waals surface area contributed by atoms with Gasteiger partial charge >= 0.3 is 5.97 Å². The van der Waals surface area contributed by atoms with Crippen LogP contribution in [-0.4, -0.2) is 26.3 Å². The minimum Gasteiger partial charge on any atom is -0.481 e. The molecule has 2 heterocycles. The molecule has 3 aromatic rings. The van der Waals surface area contributed by atoms with Crippen LogP contribution in [0.4, 0.5) is 0 Å². The first-order valence-corrected chi connectivity index (χ1v) is 5.99. The molecular weight excluding hydrogens is 242 g/mol. The molecule has 0 amide bonds. The zero-order valence-corrected chi connectivity index (χ0v) is 10.4. The van der Waals surface area contributed by atoms with E-state index in [9.17, 15) is 4.79 Å². The summed E-state index contributed by atoms with van der Waals surface area (Å²) in [6.07, 6.45) is -0.0472. The summed E-state index contributed by atoms with van der Waals surface area (Å²) >= 11 is 0. The Morgan fingerprint density at radius 1 is 1.37 bits per heavy atom. The van der Waals surface area contributed by atoms with Crippen molar-refractivity contribution in [3.05, 3.63) is 41.7 Å². The van der Waals surface area contributed by atoms with Crippen molar-refractivity contribution in [2.45, 2.75) is 13.3 Å². The molecule has 2 aromatic heterocycles. The van der Waals surface area contributed by atoms with Crippen molar-refractivity contribution >= 4 is 16.9 Å². The van der Waals surface area contributed by atoms with Crippen LogP contribution < -0.4 is 0 Å². The minimum absolute atomic E-state index is 0.0472. The molecule has 0 spiro atoms. The Labute approximate surface area is 109 Å². The van der Waals surface area contributed by atoms with E-state index in [0.29, 0.717) is 5.69 Å². The first kappa shape index (κ1) is 11.5. The van der Waals surface area contributed by atoms with E-state index in [1.165, 1.54) is 0 Å². The van der Waals surface area contributed by atoms with Crippen molar-refractivity contribution in [2.24, 2.45) is 0 Å². The fourth-order valence-electron chi connectivity index (χ4n) is 2.35. The number of aliphatic carboxylic acids is 1. The third kappa shape index (κ3) is 1.99. The van der Waals surface area contributed by atoms with Crippen molar-refractivity contribution in [1.29, 1.82) is 0 Å². The Bertz CT molecular complexity index is 755. The number of hydrogen-bond donors (Lipinski definition) is 3. The number of rotatable bonds is 3. The van der Waals surface area contributed by atoms with Crippen molar-refractivity contribution in [3.63, 3.8) is 0 Å². The maximum Gasteiger partial charge on any atom is 0.309 e. The Balaban J connectivity index is 2.11. The standard InChI is InChI=1S/C14H13N3O2/c1-8-14(10-4-2-3-5-11(10)15-8)12-6-9(16-17-12)7-13(18)19/h2-6,15H,7H2,1H3,(H,16,17)(H,18,19). The number of aromatic amines is 2. The lowest BCUT2D eigenvalue weighted by molar-refractivity contribution is -0.136. The van der Waals surface area contributed by atoms with Gasteiger partial charge in [0.1, 0.15) is 0 Å². The van der Waals surface area contributed by atoms with Crippen molar-refractivity contribution in [3.8, 4) is 11.3 Å². The molecule has 5 heteroatoms. The molecule has 0 bridgehead atoms. The van der Waals surface area contributed by atoms with Crippen LogP contribution in [0.15, 0.2) is 30.3 Å². The van der Waals surface area contributed by atoms with Gasteiger partial charge in [0.05, 0.1) is 12.1 Å². The monoisotopic (exact) mass is 255 g/mol. The molecule has 0 aliphatic heterocycles. The zero-order valence-electron chi connectivity index (χ0n) is 10.4. The van der Waals surface area contributed by atoms with Gasteiger partial charge in [-0.1, -0.05) is 18.2 Å². The van der Waals surface area contributed by atoms with Gasteiger partial charge in [0.2, 0.25) is 0 Å². The summed E-state index contributed by atoms with van der Waals surface area (Å²) in [5.74, 6) is -0.870. The molecule has 0 fully saturated rings. The summed E-state index contributed by atoms with van der Waals surface area (Å²) in [7, 11) is 0. The smallest absolute Gasteiger partial charge is 0.309 e. The number of para-hydroxylation sites is 1. The molecule has 0 atom stereocenters. The van der Waals surface area contributed by atoms with Crippen LogP contribution in [0.25, 0.3) is 22.2 Å². The summed E-state index contributed by atoms with van der Waals surface area (Å²) < 4.78 is 0. The van der Waals surface area contributed by atoms with Gasteiger partial charge in [-0.3, -0.25) is 9.89 Å². The second kappa shape index (κ2) is 4.28. The molecule has 0 aliphatic carbocycles. The Morgan fingerprint density at radius 2 is 2.16 bits per heavy atom. The SMILES string of the molecule is Cc1[nH]c2ccccc2c1-c1cc(CC(=O)O)[nH]n1. The van der Waals surface area contributed by atoms with Crippen LogP contribution >= 0.6 is 0 Å². The number of carbonyl (C=O) groups is 1. The lowest BCUT2D eigenvalue weighted by atomic mass is 10.1. The predicted molar refractivity (Wildman–Crippen MR) is 72.0 cm³/mol. The van der Waals surface area contributed by atoms with Crippen molar-refractivity contribution < 1.29 is 9.90 Å². The second-order valence-corrected chi connectivity index (χ2v) is 4.52. The fourth-order valence-corrected chi connectivity index (χ4v) is 2.35. The van der Waals surface area contributed by atoms with Gasteiger partial charge < -0.3 is 10.1 Å². The zero-order chi connectivity index (χ0) is 13.4. The quantitative estimate of drug-likeness (QED) is 0.672. The fraction of sp³-hybridized carbons (Fsp3) is 0.143. The summed E-state index contributed by atoms with van der Waals surface area (Å²) in [6, 6.07) is 9.78. The maximum atomic E-state index is 10.7. The number of benzene rings is 1. The van der Waals surface area contributed by atoms with E-state index in [0.717, 1.165) is 27.9 Å². The molecule has 3 N–H and O–H groups in total. The van der Waals surface area contributed by atoms with E-state index in [4.69, 9.17) is 5.11 Å². The Morgan fingerprint density at radius 3 is 2.95 bits per heavy atom. The third-order valence-electron chi connectivity index (χ3n) is 3.12. The highest BCUT2D eigenvalue weighted by Crippen LogP contribution is 2.30. The van der Waals surface area contributed by atoms with Crippen LogP contribution in [0.1, 0.15) is 11.4 Å². The van der Waals surface area contributed by atoms with Crippen LogP contribution in [-0.2, 0) is 11.2 Å². The van der Waals surface area contributed by atoms with E-state index >= 15 is 0 Å².